The number of ketones is 1. The van der Waals surface area contributed by atoms with Gasteiger partial charge in [0.1, 0.15) is 5.78 Å². The Balaban J connectivity index is 2.62. The molecule has 0 fully saturated rings. The van der Waals surface area contributed by atoms with Crippen molar-refractivity contribution in [2.75, 3.05) is 5.32 Å². The highest BCUT2D eigenvalue weighted by atomic mass is 35.5. The average molecular weight is 240 g/mol. The smallest absolute Gasteiger partial charge is 0.224 e. The van der Waals surface area contributed by atoms with Crippen molar-refractivity contribution in [1.29, 1.82) is 0 Å². The van der Waals surface area contributed by atoms with E-state index in [4.69, 9.17) is 11.6 Å². The molecule has 16 heavy (non-hydrogen) atoms. The van der Waals surface area contributed by atoms with Crippen LogP contribution in [-0.2, 0) is 9.59 Å². The summed E-state index contributed by atoms with van der Waals surface area (Å²) in [5.41, 5.74) is 1.64. The van der Waals surface area contributed by atoms with Gasteiger partial charge in [-0.15, -0.1) is 0 Å². The zero-order valence-electron chi connectivity index (χ0n) is 9.34. The average Bonchev–Trinajstić information content (AvgIpc) is 2.20. The van der Waals surface area contributed by atoms with E-state index in [-0.39, 0.29) is 24.5 Å². The Bertz CT molecular complexity index is 415. The molecule has 1 aromatic carbocycles. The van der Waals surface area contributed by atoms with Gasteiger partial charge >= 0.3 is 0 Å². The molecule has 0 saturated carbocycles. The zero-order chi connectivity index (χ0) is 12.1. The number of benzene rings is 1. The van der Waals surface area contributed by atoms with E-state index in [9.17, 15) is 9.59 Å². The van der Waals surface area contributed by atoms with Crippen LogP contribution in [0.3, 0.4) is 0 Å². The normalized spacial score (nSPS) is 9.94. The second kappa shape index (κ2) is 5.66. The van der Waals surface area contributed by atoms with E-state index >= 15 is 0 Å². The number of rotatable bonds is 4. The maximum atomic E-state index is 11.5. The van der Waals surface area contributed by atoms with E-state index in [0.717, 1.165) is 5.56 Å². The third-order valence-electron chi connectivity index (χ3n) is 2.18. The molecule has 3 nitrogen and oxygen atoms in total. The number of halogens is 1. The summed E-state index contributed by atoms with van der Waals surface area (Å²) >= 11 is 5.82. The van der Waals surface area contributed by atoms with Gasteiger partial charge in [0.25, 0.3) is 0 Å². The molecule has 0 heterocycles. The van der Waals surface area contributed by atoms with Crippen LogP contribution in [0.25, 0.3) is 0 Å². The standard InChI is InChI=1S/C12H14ClNO2/c1-8-3-5-10(13)7-11(8)14-12(16)6-4-9(2)15/h3,5,7H,4,6H2,1-2H3,(H,14,16). The molecule has 4 heteroatoms. The lowest BCUT2D eigenvalue weighted by atomic mass is 10.2. The van der Waals surface area contributed by atoms with Gasteiger partial charge in [-0.25, -0.2) is 0 Å². The van der Waals surface area contributed by atoms with Crippen LogP contribution in [0.1, 0.15) is 25.3 Å². The summed E-state index contributed by atoms with van der Waals surface area (Å²) in [6.07, 6.45) is 0.479. The van der Waals surface area contributed by atoms with Crippen LogP contribution in [0, 0.1) is 6.92 Å². The molecule has 0 atom stereocenters. The van der Waals surface area contributed by atoms with E-state index in [1.165, 1.54) is 6.92 Å². The molecule has 86 valence electrons. The van der Waals surface area contributed by atoms with Crippen molar-refractivity contribution in [3.63, 3.8) is 0 Å². The second-order valence-corrected chi connectivity index (χ2v) is 4.15. The van der Waals surface area contributed by atoms with Crippen molar-refractivity contribution in [3.8, 4) is 0 Å². The fourth-order valence-corrected chi connectivity index (χ4v) is 1.40. The van der Waals surface area contributed by atoms with Gasteiger partial charge in [-0.3, -0.25) is 4.79 Å². The molecule has 1 N–H and O–H groups in total. The molecule has 0 saturated heterocycles. The molecule has 1 aromatic rings. The second-order valence-electron chi connectivity index (χ2n) is 3.71. The minimum absolute atomic E-state index is 0.0120. The monoisotopic (exact) mass is 239 g/mol. The SMILES string of the molecule is CC(=O)CCC(=O)Nc1cc(Cl)ccc1C. The first-order valence-corrected chi connectivity index (χ1v) is 5.42. The van der Waals surface area contributed by atoms with Crippen LogP contribution >= 0.6 is 11.6 Å². The van der Waals surface area contributed by atoms with Crippen LogP contribution in [-0.4, -0.2) is 11.7 Å². The number of hydrogen-bond acceptors (Lipinski definition) is 2. The molecule has 1 rings (SSSR count). The van der Waals surface area contributed by atoms with Crippen LogP contribution in [0.2, 0.25) is 5.02 Å². The minimum atomic E-state index is -0.166. The maximum absolute atomic E-state index is 11.5. The van der Waals surface area contributed by atoms with Crippen molar-refractivity contribution < 1.29 is 9.59 Å². The van der Waals surface area contributed by atoms with E-state index in [1.807, 2.05) is 13.0 Å². The summed E-state index contributed by atoms with van der Waals surface area (Å²) in [4.78, 5) is 22.2. The predicted molar refractivity (Wildman–Crippen MR) is 64.7 cm³/mol. The Labute approximate surface area is 99.8 Å². The summed E-state index contributed by atoms with van der Waals surface area (Å²) in [5.74, 6) is -0.154. The number of Topliss-reactive ketones (excluding diaryl/α,β-unsaturated/α-hetero) is 1. The number of aryl methyl sites for hydroxylation is 1. The van der Waals surface area contributed by atoms with Crippen LogP contribution in [0.5, 0.6) is 0 Å². The van der Waals surface area contributed by atoms with Crippen LogP contribution < -0.4 is 5.32 Å². The summed E-state index contributed by atoms with van der Waals surface area (Å²) in [6.45, 7) is 3.36. The Kier molecular flexibility index (Phi) is 4.50. The Morgan fingerprint density at radius 1 is 1.31 bits per heavy atom. The molecule has 1 amide bonds. The van der Waals surface area contributed by atoms with Gasteiger partial charge in [0.15, 0.2) is 0 Å². The lowest BCUT2D eigenvalue weighted by Crippen LogP contribution is -2.13. The maximum Gasteiger partial charge on any atom is 0.224 e. The van der Waals surface area contributed by atoms with Crippen molar-refractivity contribution in [2.24, 2.45) is 0 Å². The number of anilines is 1. The van der Waals surface area contributed by atoms with E-state index in [0.29, 0.717) is 10.7 Å². The molecular formula is C12H14ClNO2. The highest BCUT2D eigenvalue weighted by molar-refractivity contribution is 6.31. The highest BCUT2D eigenvalue weighted by Crippen LogP contribution is 2.20. The number of nitrogens with one attached hydrogen (secondary N) is 1. The fourth-order valence-electron chi connectivity index (χ4n) is 1.23. The topological polar surface area (TPSA) is 46.2 Å². The summed E-state index contributed by atoms with van der Waals surface area (Å²) in [7, 11) is 0. The van der Waals surface area contributed by atoms with Gasteiger partial charge < -0.3 is 10.1 Å². The number of hydrogen-bond donors (Lipinski definition) is 1. The summed E-state index contributed by atoms with van der Waals surface area (Å²) in [5, 5.41) is 3.31. The van der Waals surface area contributed by atoms with Crippen molar-refractivity contribution in [2.45, 2.75) is 26.7 Å². The third-order valence-corrected chi connectivity index (χ3v) is 2.41. The minimum Gasteiger partial charge on any atom is -0.326 e. The van der Waals surface area contributed by atoms with Gasteiger partial charge in [0.2, 0.25) is 5.91 Å². The van der Waals surface area contributed by atoms with Gasteiger partial charge in [0.05, 0.1) is 0 Å². The molecule has 0 spiro atoms. The molecule has 0 aliphatic rings. The van der Waals surface area contributed by atoms with Crippen molar-refractivity contribution in [3.05, 3.63) is 28.8 Å². The summed E-state index contributed by atoms with van der Waals surface area (Å²) in [6, 6.07) is 5.30. The van der Waals surface area contributed by atoms with Gasteiger partial charge in [-0.05, 0) is 31.5 Å². The first kappa shape index (κ1) is 12.7. The molecule has 0 aliphatic carbocycles. The quantitative estimate of drug-likeness (QED) is 0.878. The first-order valence-electron chi connectivity index (χ1n) is 5.04. The fraction of sp³-hybridized carbons (Fsp3) is 0.333. The Morgan fingerprint density at radius 3 is 2.62 bits per heavy atom. The highest BCUT2D eigenvalue weighted by Gasteiger charge is 2.06. The first-order chi connectivity index (χ1) is 7.49. The van der Waals surface area contributed by atoms with E-state index < -0.39 is 0 Å². The summed E-state index contributed by atoms with van der Waals surface area (Å²) < 4.78 is 0. The molecule has 0 unspecified atom stereocenters. The van der Waals surface area contributed by atoms with E-state index in [2.05, 4.69) is 5.32 Å². The predicted octanol–water partition coefficient (Wildman–Crippen LogP) is 2.96. The number of carbonyl (C=O) groups excluding carboxylic acids is 2. The van der Waals surface area contributed by atoms with Crippen LogP contribution in [0.4, 0.5) is 5.69 Å². The van der Waals surface area contributed by atoms with Gasteiger partial charge in [-0.2, -0.15) is 0 Å². The lowest BCUT2D eigenvalue weighted by Gasteiger charge is -2.08. The lowest BCUT2D eigenvalue weighted by molar-refractivity contribution is -0.121. The molecule has 0 bridgehead atoms. The number of amides is 1. The number of carbonyl (C=O) groups is 2. The molecule has 0 radical (unpaired) electrons. The van der Waals surface area contributed by atoms with E-state index in [1.54, 1.807) is 12.1 Å². The van der Waals surface area contributed by atoms with Crippen molar-refractivity contribution in [1.82, 2.24) is 0 Å². The molecular weight excluding hydrogens is 226 g/mol. The van der Waals surface area contributed by atoms with Gasteiger partial charge in [-0.1, -0.05) is 17.7 Å². The molecule has 0 aromatic heterocycles. The third kappa shape index (κ3) is 4.03. The molecule has 0 aliphatic heterocycles. The van der Waals surface area contributed by atoms with Gasteiger partial charge in [0, 0.05) is 23.6 Å². The largest absolute Gasteiger partial charge is 0.326 e. The van der Waals surface area contributed by atoms with Crippen LogP contribution in [0.15, 0.2) is 18.2 Å². The zero-order valence-corrected chi connectivity index (χ0v) is 10.1. The Morgan fingerprint density at radius 2 is 2.00 bits per heavy atom. The Hall–Kier alpha value is -1.35. The van der Waals surface area contributed by atoms with Crippen molar-refractivity contribution >= 4 is 29.0 Å².